The smallest absolute Gasteiger partial charge is 0.124 e. The molecule has 0 amide bonds. The number of rotatable bonds is 3. The van der Waals surface area contributed by atoms with E-state index in [1.54, 1.807) is 0 Å². The normalized spacial score (nSPS) is 18.9. The topological polar surface area (TPSA) is 39.1 Å². The molecule has 1 heterocycles. The van der Waals surface area contributed by atoms with Crippen molar-refractivity contribution in [2.75, 3.05) is 26.2 Å². The molecular weight excluding hydrogens is 222 g/mol. The van der Waals surface area contributed by atoms with E-state index in [2.05, 4.69) is 41.4 Å². The van der Waals surface area contributed by atoms with Crippen LogP contribution in [0.4, 0.5) is 0 Å². The van der Waals surface area contributed by atoms with Crippen molar-refractivity contribution in [2.24, 2.45) is 0 Å². The zero-order valence-electron chi connectivity index (χ0n) is 11.0. The average Bonchev–Trinajstić information content (AvgIpc) is 2.69. The molecule has 0 spiro atoms. The quantitative estimate of drug-likeness (QED) is 0.883. The van der Waals surface area contributed by atoms with Crippen LogP contribution in [0, 0.1) is 11.3 Å². The number of hydrogen-bond donors (Lipinski definition) is 1. The number of nitriles is 1. The van der Waals surface area contributed by atoms with E-state index in [9.17, 15) is 5.26 Å². The average molecular weight is 243 g/mol. The first-order valence-electron chi connectivity index (χ1n) is 6.79. The maximum absolute atomic E-state index is 9.53. The zero-order valence-corrected chi connectivity index (χ0v) is 11.0. The van der Waals surface area contributed by atoms with Crippen LogP contribution in [0.5, 0.6) is 0 Å². The summed E-state index contributed by atoms with van der Waals surface area (Å²) >= 11 is 0. The van der Waals surface area contributed by atoms with Crippen LogP contribution in [0.3, 0.4) is 0 Å². The third-order valence-corrected chi connectivity index (χ3v) is 3.59. The fraction of sp³-hybridized carbons (Fsp3) is 0.533. The molecule has 1 aromatic carbocycles. The van der Waals surface area contributed by atoms with Gasteiger partial charge in [0.15, 0.2) is 0 Å². The minimum atomic E-state index is -0.0963. The summed E-state index contributed by atoms with van der Waals surface area (Å²) in [6.07, 6.45) is 2.10. The van der Waals surface area contributed by atoms with Crippen molar-refractivity contribution in [1.29, 1.82) is 5.26 Å². The van der Waals surface area contributed by atoms with Gasteiger partial charge in [-0.15, -0.1) is 0 Å². The predicted octanol–water partition coefficient (Wildman–Crippen LogP) is 2.11. The van der Waals surface area contributed by atoms with Gasteiger partial charge in [0.1, 0.15) is 6.04 Å². The van der Waals surface area contributed by atoms with E-state index < -0.39 is 0 Å². The molecule has 3 heteroatoms. The van der Waals surface area contributed by atoms with Crippen molar-refractivity contribution in [3.05, 3.63) is 35.4 Å². The summed E-state index contributed by atoms with van der Waals surface area (Å²) < 4.78 is 0. The Balaban J connectivity index is 2.24. The number of hydrogen-bond acceptors (Lipinski definition) is 3. The maximum Gasteiger partial charge on any atom is 0.124 e. The first-order chi connectivity index (χ1) is 8.86. The molecule has 1 fully saturated rings. The lowest BCUT2D eigenvalue weighted by Gasteiger charge is -2.26. The van der Waals surface area contributed by atoms with Gasteiger partial charge in [0.2, 0.25) is 0 Å². The molecule has 3 nitrogen and oxygen atoms in total. The molecule has 0 bridgehead atoms. The van der Waals surface area contributed by atoms with Gasteiger partial charge in [0.25, 0.3) is 0 Å². The summed E-state index contributed by atoms with van der Waals surface area (Å²) in [6.45, 7) is 6.15. The van der Waals surface area contributed by atoms with E-state index in [1.807, 2.05) is 6.07 Å². The van der Waals surface area contributed by atoms with Gasteiger partial charge in [-0.25, -0.2) is 0 Å². The van der Waals surface area contributed by atoms with Crippen LogP contribution in [0.25, 0.3) is 0 Å². The highest BCUT2D eigenvalue weighted by Gasteiger charge is 2.22. The van der Waals surface area contributed by atoms with Gasteiger partial charge in [0, 0.05) is 19.6 Å². The summed E-state index contributed by atoms with van der Waals surface area (Å²) in [7, 11) is 0. The van der Waals surface area contributed by atoms with E-state index in [0.717, 1.165) is 39.0 Å². The molecule has 96 valence electrons. The van der Waals surface area contributed by atoms with Crippen molar-refractivity contribution in [1.82, 2.24) is 10.2 Å². The Bertz CT molecular complexity index is 414. The molecule has 18 heavy (non-hydrogen) atoms. The molecule has 0 radical (unpaired) electrons. The minimum Gasteiger partial charge on any atom is -0.315 e. The predicted molar refractivity (Wildman–Crippen MR) is 73.2 cm³/mol. The van der Waals surface area contributed by atoms with Crippen LogP contribution in [0.2, 0.25) is 0 Å². The van der Waals surface area contributed by atoms with Crippen LogP contribution in [-0.4, -0.2) is 31.1 Å². The largest absolute Gasteiger partial charge is 0.315 e. The Kier molecular flexibility index (Phi) is 4.74. The van der Waals surface area contributed by atoms with Gasteiger partial charge < -0.3 is 5.32 Å². The molecule has 1 saturated heterocycles. The Labute approximate surface area is 109 Å². The van der Waals surface area contributed by atoms with Crippen LogP contribution >= 0.6 is 0 Å². The first-order valence-corrected chi connectivity index (χ1v) is 6.79. The molecule has 0 aliphatic carbocycles. The zero-order chi connectivity index (χ0) is 12.8. The molecule has 0 aromatic heterocycles. The second kappa shape index (κ2) is 6.53. The lowest BCUT2D eigenvalue weighted by atomic mass is 9.98. The van der Waals surface area contributed by atoms with Gasteiger partial charge in [-0.2, -0.15) is 5.26 Å². The number of aryl methyl sites for hydroxylation is 1. The second-order valence-electron chi connectivity index (χ2n) is 4.72. The highest BCUT2D eigenvalue weighted by atomic mass is 15.2. The van der Waals surface area contributed by atoms with Crippen LogP contribution in [-0.2, 0) is 6.42 Å². The molecule has 1 aliphatic heterocycles. The Morgan fingerprint density at radius 2 is 2.17 bits per heavy atom. The lowest BCUT2D eigenvalue weighted by Crippen LogP contribution is -2.32. The monoisotopic (exact) mass is 243 g/mol. The van der Waals surface area contributed by atoms with E-state index >= 15 is 0 Å². The summed E-state index contributed by atoms with van der Waals surface area (Å²) in [6, 6.07) is 10.7. The molecular formula is C15H21N3. The number of nitrogens with one attached hydrogen (secondary N) is 1. The van der Waals surface area contributed by atoms with Gasteiger partial charge in [0.05, 0.1) is 6.07 Å². The van der Waals surface area contributed by atoms with E-state index in [1.165, 1.54) is 11.1 Å². The summed E-state index contributed by atoms with van der Waals surface area (Å²) in [5.41, 5.74) is 2.48. The minimum absolute atomic E-state index is 0.0963. The fourth-order valence-electron chi connectivity index (χ4n) is 2.60. The molecule has 0 saturated carbocycles. The van der Waals surface area contributed by atoms with Crippen LogP contribution in [0.15, 0.2) is 24.3 Å². The highest BCUT2D eigenvalue weighted by molar-refractivity contribution is 5.33. The Morgan fingerprint density at radius 3 is 2.94 bits per heavy atom. The summed E-state index contributed by atoms with van der Waals surface area (Å²) in [4.78, 5) is 2.30. The third kappa shape index (κ3) is 2.90. The second-order valence-corrected chi connectivity index (χ2v) is 4.72. The van der Waals surface area contributed by atoms with E-state index in [-0.39, 0.29) is 6.04 Å². The molecule has 2 rings (SSSR count). The van der Waals surface area contributed by atoms with E-state index in [4.69, 9.17) is 0 Å². The van der Waals surface area contributed by atoms with Crippen molar-refractivity contribution >= 4 is 0 Å². The van der Waals surface area contributed by atoms with E-state index in [0.29, 0.717) is 0 Å². The van der Waals surface area contributed by atoms with Crippen molar-refractivity contribution in [3.8, 4) is 6.07 Å². The number of nitrogens with zero attached hydrogens (tertiary/aromatic N) is 2. The van der Waals surface area contributed by atoms with Crippen molar-refractivity contribution < 1.29 is 0 Å². The first kappa shape index (κ1) is 13.1. The van der Waals surface area contributed by atoms with Crippen LogP contribution in [0.1, 0.15) is 30.5 Å². The Morgan fingerprint density at radius 1 is 1.33 bits per heavy atom. The standard InChI is InChI=1S/C15H21N3/c1-2-13-6-3-4-7-14(13)15(12-16)18-10-5-8-17-9-11-18/h3-4,6-7,15,17H,2,5,8-11H2,1H3. The maximum atomic E-state index is 9.53. The van der Waals surface area contributed by atoms with Crippen LogP contribution < -0.4 is 5.32 Å². The molecule has 1 unspecified atom stereocenters. The molecule has 1 N–H and O–H groups in total. The van der Waals surface area contributed by atoms with Crippen molar-refractivity contribution in [2.45, 2.75) is 25.8 Å². The summed E-state index contributed by atoms with van der Waals surface area (Å²) in [5, 5.41) is 12.9. The van der Waals surface area contributed by atoms with Gasteiger partial charge in [-0.05, 0) is 30.5 Å². The van der Waals surface area contributed by atoms with Gasteiger partial charge in [-0.3, -0.25) is 4.90 Å². The fourth-order valence-corrected chi connectivity index (χ4v) is 2.60. The summed E-state index contributed by atoms with van der Waals surface area (Å²) in [5.74, 6) is 0. The van der Waals surface area contributed by atoms with Gasteiger partial charge in [-0.1, -0.05) is 31.2 Å². The van der Waals surface area contributed by atoms with Crippen molar-refractivity contribution in [3.63, 3.8) is 0 Å². The van der Waals surface area contributed by atoms with Gasteiger partial charge >= 0.3 is 0 Å². The SMILES string of the molecule is CCc1ccccc1C(C#N)N1CCCNCC1. The highest BCUT2D eigenvalue weighted by Crippen LogP contribution is 2.24. The Hall–Kier alpha value is -1.37. The molecule has 1 aromatic rings. The molecule has 1 aliphatic rings. The third-order valence-electron chi connectivity index (χ3n) is 3.59. The molecule has 1 atom stereocenters. The number of benzene rings is 1. The lowest BCUT2D eigenvalue weighted by molar-refractivity contribution is 0.251.